The molecule has 1 N–H and O–H groups in total. The number of benzene rings is 4. The number of ether oxygens (including phenoxy) is 5. The van der Waals surface area contributed by atoms with E-state index in [2.05, 4.69) is 41.7 Å². The van der Waals surface area contributed by atoms with Gasteiger partial charge in [0.25, 0.3) is 0 Å². The molecule has 6 heteroatoms. The van der Waals surface area contributed by atoms with E-state index in [0.717, 1.165) is 71.7 Å². The van der Waals surface area contributed by atoms with Crippen molar-refractivity contribution in [3.63, 3.8) is 0 Å². The standard InChI is InChI=1S/C34H39NO5/c1-36-32-22-26(34(37-2)31-13-7-6-12-30(31)32)24-40-33-23-35-19-18-29(33)25-14-16-28(17-15-25)39-21-9-8-20-38-27-10-4-3-5-11-27/h3-7,10-17,22,29,33,35H,8-9,18-21,23-24H2,1-2H3. The first-order valence-electron chi connectivity index (χ1n) is 14.1. The number of unbranched alkanes of at least 4 members (excludes halogenated alkanes) is 1. The van der Waals surface area contributed by atoms with E-state index in [-0.39, 0.29) is 6.10 Å². The Bertz CT molecular complexity index is 1340. The van der Waals surface area contributed by atoms with Crippen LogP contribution in [0, 0.1) is 0 Å². The lowest BCUT2D eigenvalue weighted by atomic mass is 9.87. The van der Waals surface area contributed by atoms with Gasteiger partial charge in [-0.05, 0) is 61.7 Å². The van der Waals surface area contributed by atoms with Gasteiger partial charge in [-0.15, -0.1) is 0 Å². The molecule has 0 saturated carbocycles. The molecule has 6 nitrogen and oxygen atoms in total. The minimum Gasteiger partial charge on any atom is -0.496 e. The number of para-hydroxylation sites is 1. The molecule has 1 aliphatic heterocycles. The van der Waals surface area contributed by atoms with E-state index < -0.39 is 0 Å². The Morgan fingerprint density at radius 1 is 0.750 bits per heavy atom. The fourth-order valence-electron chi connectivity index (χ4n) is 5.38. The van der Waals surface area contributed by atoms with E-state index >= 15 is 0 Å². The van der Waals surface area contributed by atoms with Crippen LogP contribution in [-0.4, -0.2) is 46.6 Å². The van der Waals surface area contributed by atoms with Crippen molar-refractivity contribution in [1.29, 1.82) is 0 Å². The SMILES string of the molecule is COc1cc(COC2CNCCC2c2ccc(OCCCCOc3ccccc3)cc2)c(OC)c2ccccc12. The maximum atomic E-state index is 6.55. The van der Waals surface area contributed by atoms with Crippen molar-refractivity contribution in [3.05, 3.63) is 96.1 Å². The van der Waals surface area contributed by atoms with Crippen molar-refractivity contribution in [1.82, 2.24) is 5.32 Å². The first-order valence-corrected chi connectivity index (χ1v) is 14.1. The van der Waals surface area contributed by atoms with E-state index in [9.17, 15) is 0 Å². The van der Waals surface area contributed by atoms with Gasteiger partial charge in [-0.1, -0.05) is 54.6 Å². The van der Waals surface area contributed by atoms with Crippen LogP contribution in [0.15, 0.2) is 84.9 Å². The zero-order valence-electron chi connectivity index (χ0n) is 23.4. The summed E-state index contributed by atoms with van der Waals surface area (Å²) in [6, 6.07) is 28.6. The molecule has 0 spiro atoms. The molecule has 0 aromatic heterocycles. The highest BCUT2D eigenvalue weighted by Crippen LogP contribution is 2.38. The van der Waals surface area contributed by atoms with Gasteiger partial charge >= 0.3 is 0 Å². The molecule has 0 radical (unpaired) electrons. The maximum absolute atomic E-state index is 6.55. The molecule has 1 heterocycles. The molecule has 0 amide bonds. The second-order valence-electron chi connectivity index (χ2n) is 10.1. The zero-order chi connectivity index (χ0) is 27.6. The molecule has 0 bridgehead atoms. The Kier molecular flexibility index (Phi) is 9.77. The molecule has 5 rings (SSSR count). The predicted octanol–water partition coefficient (Wildman–Crippen LogP) is 6.76. The lowest BCUT2D eigenvalue weighted by molar-refractivity contribution is 0.00983. The van der Waals surface area contributed by atoms with Crippen LogP contribution in [0.1, 0.15) is 36.3 Å². The molecule has 210 valence electrons. The van der Waals surface area contributed by atoms with Crippen LogP contribution in [0.5, 0.6) is 23.0 Å². The van der Waals surface area contributed by atoms with Crippen LogP contribution in [0.25, 0.3) is 10.8 Å². The summed E-state index contributed by atoms with van der Waals surface area (Å²) in [5.74, 6) is 3.78. The predicted molar refractivity (Wildman–Crippen MR) is 159 cm³/mol. The Hall–Kier alpha value is -3.74. The molecule has 40 heavy (non-hydrogen) atoms. The smallest absolute Gasteiger partial charge is 0.132 e. The average Bonchev–Trinajstić information content (AvgIpc) is 3.02. The molecule has 1 fully saturated rings. The third kappa shape index (κ3) is 6.87. The van der Waals surface area contributed by atoms with Crippen molar-refractivity contribution < 1.29 is 23.7 Å². The first kappa shape index (κ1) is 27.8. The summed E-state index contributed by atoms with van der Waals surface area (Å²) in [7, 11) is 3.42. The molecule has 2 atom stereocenters. The van der Waals surface area contributed by atoms with Gasteiger partial charge in [-0.3, -0.25) is 0 Å². The lowest BCUT2D eigenvalue weighted by Gasteiger charge is -2.33. The molecule has 1 saturated heterocycles. The number of methoxy groups -OCH3 is 2. The maximum Gasteiger partial charge on any atom is 0.132 e. The topological polar surface area (TPSA) is 58.2 Å². The third-order valence-electron chi connectivity index (χ3n) is 7.47. The summed E-state index contributed by atoms with van der Waals surface area (Å²) in [5.41, 5.74) is 2.26. The second kappa shape index (κ2) is 14.1. The van der Waals surface area contributed by atoms with Crippen molar-refractivity contribution in [2.45, 2.75) is 37.9 Å². The van der Waals surface area contributed by atoms with E-state index in [1.54, 1.807) is 14.2 Å². The van der Waals surface area contributed by atoms with E-state index in [4.69, 9.17) is 23.7 Å². The zero-order valence-corrected chi connectivity index (χ0v) is 23.4. The average molecular weight is 542 g/mol. The van der Waals surface area contributed by atoms with Crippen LogP contribution in [0.2, 0.25) is 0 Å². The van der Waals surface area contributed by atoms with E-state index in [1.165, 1.54) is 5.56 Å². The Labute approximate surface area is 237 Å². The van der Waals surface area contributed by atoms with Gasteiger partial charge in [-0.2, -0.15) is 0 Å². The first-order chi connectivity index (χ1) is 19.8. The summed E-state index contributed by atoms with van der Waals surface area (Å²) in [6.45, 7) is 3.60. The number of hydrogen-bond acceptors (Lipinski definition) is 6. The third-order valence-corrected chi connectivity index (χ3v) is 7.47. The number of piperidine rings is 1. The van der Waals surface area contributed by atoms with Gasteiger partial charge in [-0.25, -0.2) is 0 Å². The summed E-state index contributed by atoms with van der Waals surface area (Å²) >= 11 is 0. The Balaban J connectivity index is 1.16. The lowest BCUT2D eigenvalue weighted by Crippen LogP contribution is -2.41. The summed E-state index contributed by atoms with van der Waals surface area (Å²) < 4.78 is 29.8. The minimum absolute atomic E-state index is 0.0484. The van der Waals surface area contributed by atoms with Crippen molar-refractivity contribution in [2.75, 3.05) is 40.5 Å². The molecular formula is C34H39NO5. The van der Waals surface area contributed by atoms with Crippen LogP contribution in [-0.2, 0) is 11.3 Å². The van der Waals surface area contributed by atoms with Crippen LogP contribution >= 0.6 is 0 Å². The van der Waals surface area contributed by atoms with Crippen LogP contribution in [0.4, 0.5) is 0 Å². The molecular weight excluding hydrogens is 502 g/mol. The van der Waals surface area contributed by atoms with Crippen molar-refractivity contribution in [3.8, 4) is 23.0 Å². The van der Waals surface area contributed by atoms with E-state index in [0.29, 0.717) is 25.7 Å². The number of hydrogen-bond donors (Lipinski definition) is 1. The summed E-state index contributed by atoms with van der Waals surface area (Å²) in [6.07, 6.45) is 2.97. The normalized spacial score (nSPS) is 16.9. The fraction of sp³-hybridized carbons (Fsp3) is 0.353. The highest BCUT2D eigenvalue weighted by atomic mass is 16.5. The van der Waals surface area contributed by atoms with Gasteiger partial charge in [0.2, 0.25) is 0 Å². The Morgan fingerprint density at radius 3 is 2.12 bits per heavy atom. The van der Waals surface area contributed by atoms with Gasteiger partial charge < -0.3 is 29.0 Å². The van der Waals surface area contributed by atoms with Crippen LogP contribution < -0.4 is 24.3 Å². The summed E-state index contributed by atoms with van der Waals surface area (Å²) in [4.78, 5) is 0. The largest absolute Gasteiger partial charge is 0.496 e. The minimum atomic E-state index is 0.0484. The van der Waals surface area contributed by atoms with Gasteiger partial charge in [0.1, 0.15) is 23.0 Å². The van der Waals surface area contributed by atoms with Crippen LogP contribution in [0.3, 0.4) is 0 Å². The Morgan fingerprint density at radius 2 is 1.43 bits per heavy atom. The van der Waals surface area contributed by atoms with E-state index in [1.807, 2.05) is 48.5 Å². The molecule has 2 unspecified atom stereocenters. The van der Waals surface area contributed by atoms with Gasteiger partial charge in [0.15, 0.2) is 0 Å². The molecule has 4 aromatic rings. The van der Waals surface area contributed by atoms with Crippen molar-refractivity contribution in [2.24, 2.45) is 0 Å². The van der Waals surface area contributed by atoms with Crippen molar-refractivity contribution >= 4 is 10.8 Å². The fourth-order valence-corrected chi connectivity index (χ4v) is 5.38. The number of rotatable bonds is 13. The van der Waals surface area contributed by atoms with Gasteiger partial charge in [0, 0.05) is 28.8 Å². The molecule has 0 aliphatic carbocycles. The number of nitrogens with one attached hydrogen (secondary N) is 1. The number of fused-ring (bicyclic) bond motifs is 1. The monoisotopic (exact) mass is 541 g/mol. The second-order valence-corrected chi connectivity index (χ2v) is 10.1. The highest BCUT2D eigenvalue weighted by Gasteiger charge is 2.28. The highest BCUT2D eigenvalue weighted by molar-refractivity contribution is 5.94. The molecule has 4 aromatic carbocycles. The molecule has 1 aliphatic rings. The van der Waals surface area contributed by atoms with Gasteiger partial charge in [0.05, 0.1) is 40.1 Å². The summed E-state index contributed by atoms with van der Waals surface area (Å²) in [5, 5.41) is 5.56. The quantitative estimate of drug-likeness (QED) is 0.189.